The van der Waals surface area contributed by atoms with Crippen LogP contribution in [0.15, 0.2) is 48.5 Å². The van der Waals surface area contributed by atoms with Crippen LogP contribution >= 0.6 is 0 Å². The molecule has 0 saturated carbocycles. The number of piperidine rings is 1. The summed E-state index contributed by atoms with van der Waals surface area (Å²) < 4.78 is 0. The van der Waals surface area contributed by atoms with Gasteiger partial charge in [-0.1, -0.05) is 6.07 Å². The third-order valence-electron chi connectivity index (χ3n) is 4.83. The summed E-state index contributed by atoms with van der Waals surface area (Å²) >= 11 is 0. The summed E-state index contributed by atoms with van der Waals surface area (Å²) in [6.07, 6.45) is 3.20. The third kappa shape index (κ3) is 4.34. The van der Waals surface area contributed by atoms with Gasteiger partial charge in [0.25, 0.3) is 11.8 Å². The average molecular weight is 366 g/mol. The molecular weight excluding hydrogens is 344 g/mol. The van der Waals surface area contributed by atoms with E-state index in [1.165, 1.54) is 18.2 Å². The lowest BCUT2D eigenvalue weighted by Crippen LogP contribution is -2.42. The number of rotatable bonds is 4. The van der Waals surface area contributed by atoms with E-state index in [9.17, 15) is 14.4 Å². The first kappa shape index (κ1) is 18.6. The fourth-order valence-electron chi connectivity index (χ4n) is 3.26. The lowest BCUT2D eigenvalue weighted by molar-refractivity contribution is 0.0634. The maximum absolute atomic E-state index is 12.6. The first-order chi connectivity index (χ1) is 13.0. The van der Waals surface area contributed by atoms with Gasteiger partial charge in [-0.25, -0.2) is 4.79 Å². The minimum Gasteiger partial charge on any atom is -0.478 e. The number of hydrogen-bond donors (Lipinski definition) is 2. The Balaban J connectivity index is 1.68. The summed E-state index contributed by atoms with van der Waals surface area (Å²) in [4.78, 5) is 37.9. The number of hydrogen-bond acceptors (Lipinski definition) is 3. The predicted octanol–water partition coefficient (Wildman–Crippen LogP) is 3.65. The van der Waals surface area contributed by atoms with Gasteiger partial charge >= 0.3 is 5.97 Å². The van der Waals surface area contributed by atoms with Gasteiger partial charge in [0.1, 0.15) is 0 Å². The summed E-state index contributed by atoms with van der Waals surface area (Å²) in [7, 11) is 0. The number of carbonyl (C=O) groups excluding carboxylic acids is 2. The molecule has 1 heterocycles. The van der Waals surface area contributed by atoms with Gasteiger partial charge in [0.2, 0.25) is 0 Å². The molecule has 2 amide bonds. The Kier molecular flexibility index (Phi) is 5.54. The zero-order valence-corrected chi connectivity index (χ0v) is 15.1. The number of amides is 2. The second kappa shape index (κ2) is 8.03. The molecule has 6 nitrogen and oxygen atoms in total. The van der Waals surface area contributed by atoms with Crippen LogP contribution in [-0.2, 0) is 0 Å². The number of carboxylic acid groups (broad SMARTS) is 1. The lowest BCUT2D eigenvalue weighted by Gasteiger charge is -2.33. The van der Waals surface area contributed by atoms with Crippen LogP contribution in [0.4, 0.5) is 5.69 Å². The second-order valence-electron chi connectivity index (χ2n) is 6.76. The molecule has 0 aliphatic carbocycles. The molecule has 6 heteroatoms. The fraction of sp³-hybridized carbons (Fsp3) is 0.286. The highest BCUT2D eigenvalue weighted by molar-refractivity contribution is 6.05. The van der Waals surface area contributed by atoms with Crippen LogP contribution < -0.4 is 5.32 Å². The Morgan fingerprint density at radius 3 is 2.37 bits per heavy atom. The highest BCUT2D eigenvalue weighted by Gasteiger charge is 2.24. The van der Waals surface area contributed by atoms with E-state index in [1.807, 2.05) is 4.90 Å². The number of nitrogens with one attached hydrogen (secondary N) is 1. The zero-order chi connectivity index (χ0) is 19.4. The molecule has 1 atom stereocenters. The Hall–Kier alpha value is -3.15. The van der Waals surface area contributed by atoms with Crippen molar-refractivity contribution in [3.05, 3.63) is 65.2 Å². The van der Waals surface area contributed by atoms with Gasteiger partial charge in [0.15, 0.2) is 0 Å². The molecule has 2 aromatic rings. The van der Waals surface area contributed by atoms with Gasteiger partial charge < -0.3 is 15.3 Å². The number of anilines is 1. The molecule has 0 aromatic heterocycles. The van der Waals surface area contributed by atoms with Gasteiger partial charge in [-0.05, 0) is 68.7 Å². The van der Waals surface area contributed by atoms with Crippen molar-refractivity contribution in [1.29, 1.82) is 0 Å². The standard InChI is InChI=1S/C21H22N2O4/c1-14-5-2-3-12-23(14)20(25)15-8-10-18(11-9-15)22-19(24)16-6-4-7-17(13-16)21(26)27/h4,6-11,13-14H,2-3,5,12H2,1H3,(H,22,24)(H,26,27). The van der Waals surface area contributed by atoms with Crippen LogP contribution in [-0.4, -0.2) is 40.4 Å². The summed E-state index contributed by atoms with van der Waals surface area (Å²) in [6.45, 7) is 2.84. The molecule has 140 valence electrons. The van der Waals surface area contributed by atoms with E-state index in [2.05, 4.69) is 12.2 Å². The Bertz CT molecular complexity index is 861. The van der Waals surface area contributed by atoms with Gasteiger partial charge in [0, 0.05) is 29.4 Å². The van der Waals surface area contributed by atoms with Gasteiger partial charge in [-0.2, -0.15) is 0 Å². The number of aromatic carboxylic acids is 1. The molecule has 2 aromatic carbocycles. The summed E-state index contributed by atoms with van der Waals surface area (Å²) in [5.41, 5.74) is 1.45. The minimum absolute atomic E-state index is 0.00855. The first-order valence-electron chi connectivity index (χ1n) is 9.01. The SMILES string of the molecule is CC1CCCCN1C(=O)c1ccc(NC(=O)c2cccc(C(=O)O)c2)cc1. The molecule has 0 spiro atoms. The van der Waals surface area contributed by atoms with E-state index >= 15 is 0 Å². The maximum atomic E-state index is 12.6. The van der Waals surface area contributed by atoms with Crippen molar-refractivity contribution in [2.75, 3.05) is 11.9 Å². The molecule has 1 unspecified atom stereocenters. The number of carbonyl (C=O) groups is 3. The largest absolute Gasteiger partial charge is 0.478 e. The lowest BCUT2D eigenvalue weighted by atomic mass is 10.0. The fourth-order valence-corrected chi connectivity index (χ4v) is 3.26. The van der Waals surface area contributed by atoms with Crippen LogP contribution in [0.5, 0.6) is 0 Å². The van der Waals surface area contributed by atoms with E-state index in [1.54, 1.807) is 30.3 Å². The highest BCUT2D eigenvalue weighted by atomic mass is 16.4. The van der Waals surface area contributed by atoms with Crippen molar-refractivity contribution < 1.29 is 19.5 Å². The molecule has 0 radical (unpaired) electrons. The van der Waals surface area contributed by atoms with Crippen molar-refractivity contribution >= 4 is 23.5 Å². The number of benzene rings is 2. The monoisotopic (exact) mass is 366 g/mol. The smallest absolute Gasteiger partial charge is 0.335 e. The van der Waals surface area contributed by atoms with Gasteiger partial charge in [-0.3, -0.25) is 9.59 Å². The minimum atomic E-state index is -1.08. The Morgan fingerprint density at radius 2 is 1.70 bits per heavy atom. The second-order valence-corrected chi connectivity index (χ2v) is 6.76. The maximum Gasteiger partial charge on any atom is 0.335 e. The van der Waals surface area contributed by atoms with Gasteiger partial charge in [0.05, 0.1) is 5.56 Å². The third-order valence-corrected chi connectivity index (χ3v) is 4.83. The van der Waals surface area contributed by atoms with E-state index in [-0.39, 0.29) is 23.1 Å². The van der Waals surface area contributed by atoms with Crippen LogP contribution in [0, 0.1) is 0 Å². The normalized spacial score (nSPS) is 16.6. The summed E-state index contributed by atoms with van der Waals surface area (Å²) in [5.74, 6) is -1.48. The van der Waals surface area contributed by atoms with Crippen molar-refractivity contribution in [2.24, 2.45) is 0 Å². The first-order valence-corrected chi connectivity index (χ1v) is 9.01. The van der Waals surface area contributed by atoms with Crippen LogP contribution in [0.3, 0.4) is 0 Å². The Labute approximate surface area is 157 Å². The van der Waals surface area contributed by atoms with E-state index in [4.69, 9.17) is 5.11 Å². The molecule has 1 aliphatic rings. The van der Waals surface area contributed by atoms with Crippen molar-refractivity contribution in [3.63, 3.8) is 0 Å². The van der Waals surface area contributed by atoms with Crippen LogP contribution in [0.2, 0.25) is 0 Å². The highest BCUT2D eigenvalue weighted by Crippen LogP contribution is 2.20. The van der Waals surface area contributed by atoms with E-state index < -0.39 is 11.9 Å². The molecule has 27 heavy (non-hydrogen) atoms. The van der Waals surface area contributed by atoms with Crippen molar-refractivity contribution in [2.45, 2.75) is 32.2 Å². The number of nitrogens with zero attached hydrogens (tertiary/aromatic N) is 1. The van der Waals surface area contributed by atoms with Gasteiger partial charge in [-0.15, -0.1) is 0 Å². The molecule has 2 N–H and O–H groups in total. The summed E-state index contributed by atoms with van der Waals surface area (Å²) in [6, 6.07) is 12.8. The zero-order valence-electron chi connectivity index (χ0n) is 15.1. The number of likely N-dealkylation sites (tertiary alicyclic amines) is 1. The molecule has 1 fully saturated rings. The topological polar surface area (TPSA) is 86.7 Å². The molecular formula is C21H22N2O4. The predicted molar refractivity (Wildman–Crippen MR) is 102 cm³/mol. The molecule has 1 saturated heterocycles. The van der Waals surface area contributed by atoms with E-state index in [0.717, 1.165) is 25.8 Å². The molecule has 0 bridgehead atoms. The quantitative estimate of drug-likeness (QED) is 0.865. The number of carboxylic acids is 1. The molecule has 1 aliphatic heterocycles. The van der Waals surface area contributed by atoms with Crippen molar-refractivity contribution in [1.82, 2.24) is 4.90 Å². The van der Waals surface area contributed by atoms with Crippen LogP contribution in [0.1, 0.15) is 57.3 Å². The average Bonchev–Trinajstić information content (AvgIpc) is 2.68. The summed E-state index contributed by atoms with van der Waals surface area (Å²) in [5, 5.41) is 11.7. The van der Waals surface area contributed by atoms with Crippen LogP contribution in [0.25, 0.3) is 0 Å². The Morgan fingerprint density at radius 1 is 1.00 bits per heavy atom. The molecule has 3 rings (SSSR count). The van der Waals surface area contributed by atoms with Crippen molar-refractivity contribution in [3.8, 4) is 0 Å². The van der Waals surface area contributed by atoms with E-state index in [0.29, 0.717) is 11.3 Å².